The van der Waals surface area contributed by atoms with Crippen LogP contribution in [-0.2, 0) is 5.41 Å². The van der Waals surface area contributed by atoms with Gasteiger partial charge >= 0.3 is 0 Å². The topological polar surface area (TPSA) is 13.1 Å². The molecule has 0 N–H and O–H groups in total. The average Bonchev–Trinajstić information content (AvgIpc) is 2.08. The minimum atomic E-state index is -0.824. The second-order valence-electron chi connectivity index (χ2n) is 3.48. The Morgan fingerprint density at radius 3 is 2.00 bits per heavy atom. The molecule has 3 heteroatoms. The van der Waals surface area contributed by atoms with E-state index in [4.69, 9.17) is 0 Å². The molecule has 0 fully saturated rings. The standard InChI is InChI=1S/C8H10F2O/c1-8(2,3)6-5(9)4-11-7(6)10/h4H,1-3H3. The van der Waals surface area contributed by atoms with Gasteiger partial charge in [0, 0.05) is 0 Å². The Morgan fingerprint density at radius 1 is 1.27 bits per heavy atom. The molecule has 62 valence electrons. The highest BCUT2D eigenvalue weighted by Crippen LogP contribution is 2.28. The van der Waals surface area contributed by atoms with Gasteiger partial charge in [0.15, 0.2) is 5.82 Å². The quantitative estimate of drug-likeness (QED) is 0.568. The normalized spacial score (nSPS) is 12.1. The summed E-state index contributed by atoms with van der Waals surface area (Å²) in [6.07, 6.45) is 0.788. The molecule has 0 bridgehead atoms. The minimum Gasteiger partial charge on any atom is -0.436 e. The zero-order valence-electron chi connectivity index (χ0n) is 6.74. The van der Waals surface area contributed by atoms with Crippen molar-refractivity contribution in [3.63, 3.8) is 0 Å². The molecular weight excluding hydrogens is 150 g/mol. The van der Waals surface area contributed by atoms with Crippen LogP contribution in [0.25, 0.3) is 0 Å². The summed E-state index contributed by atoms with van der Waals surface area (Å²) in [6.45, 7) is 5.18. The molecule has 0 amide bonds. The monoisotopic (exact) mass is 160 g/mol. The van der Waals surface area contributed by atoms with Gasteiger partial charge in [-0.3, -0.25) is 0 Å². The molecular formula is C8H10F2O. The molecule has 1 aromatic rings. The number of hydrogen-bond donors (Lipinski definition) is 0. The molecule has 0 aliphatic heterocycles. The minimum absolute atomic E-state index is 0.0116. The predicted molar refractivity (Wildman–Crippen MR) is 37.3 cm³/mol. The van der Waals surface area contributed by atoms with E-state index < -0.39 is 17.2 Å². The van der Waals surface area contributed by atoms with Gasteiger partial charge in [-0.25, -0.2) is 4.39 Å². The molecule has 1 aromatic heterocycles. The lowest BCUT2D eigenvalue weighted by molar-refractivity contribution is 0.340. The predicted octanol–water partition coefficient (Wildman–Crippen LogP) is 2.86. The maximum atomic E-state index is 12.8. The summed E-state index contributed by atoms with van der Waals surface area (Å²) in [5.41, 5.74) is -0.529. The summed E-state index contributed by atoms with van der Waals surface area (Å²) in [5, 5.41) is 0. The Hall–Kier alpha value is -0.860. The molecule has 0 atom stereocenters. The Labute approximate surface area is 64.0 Å². The van der Waals surface area contributed by atoms with Crippen molar-refractivity contribution in [3.05, 3.63) is 23.7 Å². The average molecular weight is 160 g/mol. The Kier molecular flexibility index (Phi) is 1.74. The number of hydrogen-bond acceptors (Lipinski definition) is 1. The van der Waals surface area contributed by atoms with E-state index in [1.54, 1.807) is 20.8 Å². The van der Waals surface area contributed by atoms with Gasteiger partial charge < -0.3 is 4.42 Å². The summed E-state index contributed by atoms with van der Waals surface area (Å²) in [4.78, 5) is 0. The van der Waals surface area contributed by atoms with Gasteiger partial charge in [0.2, 0.25) is 0 Å². The van der Waals surface area contributed by atoms with Gasteiger partial charge in [0.1, 0.15) is 6.26 Å². The smallest absolute Gasteiger partial charge is 0.284 e. The number of halogens is 2. The molecule has 0 saturated heterocycles. The van der Waals surface area contributed by atoms with Crippen molar-refractivity contribution in [2.75, 3.05) is 0 Å². The van der Waals surface area contributed by atoms with E-state index in [1.165, 1.54) is 0 Å². The van der Waals surface area contributed by atoms with Crippen LogP contribution in [0, 0.1) is 11.8 Å². The third kappa shape index (κ3) is 1.42. The van der Waals surface area contributed by atoms with Crippen molar-refractivity contribution in [1.82, 2.24) is 0 Å². The summed E-state index contributed by atoms with van der Waals surface area (Å²) in [6, 6.07) is -0.824. The first-order valence-electron chi connectivity index (χ1n) is 3.36. The highest BCUT2D eigenvalue weighted by Gasteiger charge is 2.25. The third-order valence-electron chi connectivity index (χ3n) is 1.45. The second-order valence-corrected chi connectivity index (χ2v) is 3.48. The van der Waals surface area contributed by atoms with Crippen molar-refractivity contribution >= 4 is 0 Å². The third-order valence-corrected chi connectivity index (χ3v) is 1.45. The van der Waals surface area contributed by atoms with Crippen molar-refractivity contribution in [1.29, 1.82) is 0 Å². The van der Waals surface area contributed by atoms with Crippen molar-refractivity contribution < 1.29 is 13.2 Å². The second kappa shape index (κ2) is 2.32. The molecule has 0 radical (unpaired) electrons. The van der Waals surface area contributed by atoms with Crippen LogP contribution < -0.4 is 0 Å². The van der Waals surface area contributed by atoms with Crippen LogP contribution in [-0.4, -0.2) is 0 Å². The molecule has 1 heterocycles. The molecule has 0 aromatic carbocycles. The molecule has 0 saturated carbocycles. The first-order chi connectivity index (χ1) is 4.93. The van der Waals surface area contributed by atoms with Gasteiger partial charge in [-0.2, -0.15) is 4.39 Å². The zero-order chi connectivity index (χ0) is 8.65. The van der Waals surface area contributed by atoms with Crippen molar-refractivity contribution in [3.8, 4) is 0 Å². The van der Waals surface area contributed by atoms with Crippen molar-refractivity contribution in [2.24, 2.45) is 0 Å². The summed E-state index contributed by atoms with van der Waals surface area (Å²) in [5.74, 6) is -0.616. The van der Waals surface area contributed by atoms with E-state index >= 15 is 0 Å². The molecule has 0 spiro atoms. The van der Waals surface area contributed by atoms with E-state index in [0.29, 0.717) is 0 Å². The lowest BCUT2D eigenvalue weighted by atomic mass is 9.89. The fraction of sp³-hybridized carbons (Fsp3) is 0.500. The molecule has 1 rings (SSSR count). The molecule has 0 aliphatic rings. The van der Waals surface area contributed by atoms with Crippen LogP contribution in [0.15, 0.2) is 10.7 Å². The van der Waals surface area contributed by atoms with E-state index in [1.807, 2.05) is 0 Å². The van der Waals surface area contributed by atoms with Gasteiger partial charge in [-0.05, 0) is 5.41 Å². The number of rotatable bonds is 0. The van der Waals surface area contributed by atoms with Crippen LogP contribution in [0.3, 0.4) is 0 Å². The van der Waals surface area contributed by atoms with Gasteiger partial charge in [0.25, 0.3) is 6.01 Å². The van der Waals surface area contributed by atoms with Gasteiger partial charge in [0.05, 0.1) is 5.56 Å². The summed E-state index contributed by atoms with van der Waals surface area (Å²) in [7, 11) is 0. The van der Waals surface area contributed by atoms with E-state index in [2.05, 4.69) is 4.42 Å². The first-order valence-corrected chi connectivity index (χ1v) is 3.36. The molecule has 1 nitrogen and oxygen atoms in total. The van der Waals surface area contributed by atoms with Crippen LogP contribution in [0.1, 0.15) is 26.3 Å². The van der Waals surface area contributed by atoms with Crippen molar-refractivity contribution in [2.45, 2.75) is 26.2 Å². The Bertz CT molecular complexity index is 238. The highest BCUT2D eigenvalue weighted by molar-refractivity contribution is 5.20. The lowest BCUT2D eigenvalue weighted by Crippen LogP contribution is -2.13. The van der Waals surface area contributed by atoms with Crippen LogP contribution in [0.2, 0.25) is 0 Å². The van der Waals surface area contributed by atoms with E-state index in [-0.39, 0.29) is 5.56 Å². The van der Waals surface area contributed by atoms with Crippen LogP contribution in [0.4, 0.5) is 8.78 Å². The maximum Gasteiger partial charge on any atom is 0.284 e. The van der Waals surface area contributed by atoms with E-state index in [9.17, 15) is 8.78 Å². The molecule has 0 unspecified atom stereocenters. The molecule has 11 heavy (non-hydrogen) atoms. The first kappa shape index (κ1) is 8.24. The lowest BCUT2D eigenvalue weighted by Gasteiger charge is -2.15. The Balaban J connectivity index is 3.21. The number of furan rings is 1. The summed E-state index contributed by atoms with van der Waals surface area (Å²) >= 11 is 0. The van der Waals surface area contributed by atoms with Gasteiger partial charge in [-0.1, -0.05) is 20.8 Å². The molecule has 0 aliphatic carbocycles. The van der Waals surface area contributed by atoms with Crippen LogP contribution in [0.5, 0.6) is 0 Å². The zero-order valence-corrected chi connectivity index (χ0v) is 6.74. The van der Waals surface area contributed by atoms with Crippen LogP contribution >= 0.6 is 0 Å². The highest BCUT2D eigenvalue weighted by atomic mass is 19.1. The fourth-order valence-electron chi connectivity index (χ4n) is 0.968. The maximum absolute atomic E-state index is 12.8. The Morgan fingerprint density at radius 2 is 1.82 bits per heavy atom. The largest absolute Gasteiger partial charge is 0.436 e. The fourth-order valence-corrected chi connectivity index (χ4v) is 0.968. The van der Waals surface area contributed by atoms with E-state index in [0.717, 1.165) is 6.26 Å². The van der Waals surface area contributed by atoms with Gasteiger partial charge in [-0.15, -0.1) is 0 Å². The SMILES string of the molecule is CC(C)(C)c1c(F)coc1F. The summed E-state index contributed by atoms with van der Waals surface area (Å²) < 4.78 is 29.8.